The molecule has 0 amide bonds. The number of thiophene rings is 2. The Labute approximate surface area is 324 Å². The summed E-state index contributed by atoms with van der Waals surface area (Å²) in [4.78, 5) is 10.5. The summed E-state index contributed by atoms with van der Waals surface area (Å²) in [5, 5.41) is 8.73. The first-order valence-corrected chi connectivity index (χ1v) is 20.1. The van der Waals surface area contributed by atoms with Gasteiger partial charge in [-0.2, -0.15) is 0 Å². The maximum Gasteiger partial charge on any atom is 0.160 e. The lowest BCUT2D eigenvalue weighted by Gasteiger charge is -2.11. The maximum absolute atomic E-state index is 5.28. The van der Waals surface area contributed by atoms with Gasteiger partial charge in [-0.3, -0.25) is 0 Å². The zero-order valence-electron chi connectivity index (χ0n) is 29.4. The topological polar surface area (TPSA) is 30.7 Å². The first-order valence-electron chi connectivity index (χ1n) is 18.5. The molecule has 4 aromatic heterocycles. The minimum Gasteiger partial charge on any atom is -0.309 e. The summed E-state index contributed by atoms with van der Waals surface area (Å²) >= 11 is 3.61. The van der Waals surface area contributed by atoms with Crippen molar-refractivity contribution in [3.8, 4) is 39.5 Å². The van der Waals surface area contributed by atoms with E-state index in [1.54, 1.807) is 11.3 Å². The average molecular weight is 736 g/mol. The number of nitrogens with zero attached hydrogens (tertiary/aromatic N) is 3. The first-order chi connectivity index (χ1) is 27.3. The molecule has 0 N–H and O–H groups in total. The quantitative estimate of drug-likeness (QED) is 0.180. The van der Waals surface area contributed by atoms with E-state index in [0.29, 0.717) is 0 Å². The second-order valence-electron chi connectivity index (χ2n) is 14.1. The molecule has 0 aliphatic rings. The molecule has 0 aliphatic heterocycles. The van der Waals surface area contributed by atoms with E-state index in [-0.39, 0.29) is 0 Å². The minimum absolute atomic E-state index is 0.748. The van der Waals surface area contributed by atoms with Crippen molar-refractivity contribution in [2.24, 2.45) is 0 Å². The molecule has 55 heavy (non-hydrogen) atoms. The molecular weight excluding hydrogens is 707 g/mol. The second kappa shape index (κ2) is 11.9. The Morgan fingerprint density at radius 3 is 2.00 bits per heavy atom. The summed E-state index contributed by atoms with van der Waals surface area (Å²) in [6.45, 7) is 0. The molecule has 3 nitrogen and oxygen atoms in total. The average Bonchev–Trinajstić information content (AvgIpc) is 3.93. The van der Waals surface area contributed by atoms with Gasteiger partial charge in [0, 0.05) is 52.2 Å². The zero-order chi connectivity index (χ0) is 36.0. The Morgan fingerprint density at radius 1 is 0.400 bits per heavy atom. The van der Waals surface area contributed by atoms with Crippen molar-refractivity contribution < 1.29 is 0 Å². The Hall–Kier alpha value is -6.66. The molecule has 256 valence electrons. The number of hydrogen-bond donors (Lipinski definition) is 0. The molecule has 4 heterocycles. The van der Waals surface area contributed by atoms with Crippen LogP contribution in [0.15, 0.2) is 176 Å². The van der Waals surface area contributed by atoms with Crippen LogP contribution in [-0.4, -0.2) is 14.5 Å². The molecule has 8 aromatic carbocycles. The molecule has 0 spiro atoms. The van der Waals surface area contributed by atoms with Crippen molar-refractivity contribution in [1.82, 2.24) is 14.5 Å². The Kier molecular flexibility index (Phi) is 6.67. The summed E-state index contributed by atoms with van der Waals surface area (Å²) < 4.78 is 7.31. The molecule has 0 unspecified atom stereocenters. The van der Waals surface area contributed by atoms with Crippen molar-refractivity contribution in [2.75, 3.05) is 0 Å². The standard InChI is InChI=1S/C50H29N3S2/c1-3-12-30(13-4-1)33-24-26-39-38(28-33)45-35-17-8-7-14-31(35)23-27-41(45)53(39)40-19-11-21-43-46(40)36-25-22-34(29-44(36)54-43)50-51-47(32-15-5-2-6-16-32)49-48(52-50)37-18-9-10-20-42(37)55-49/h1-29H. The Bertz CT molecular complexity index is 3480. The van der Waals surface area contributed by atoms with E-state index in [1.807, 2.05) is 11.3 Å². The van der Waals surface area contributed by atoms with Gasteiger partial charge in [-0.25, -0.2) is 9.97 Å². The number of benzene rings is 8. The van der Waals surface area contributed by atoms with Gasteiger partial charge in [-0.1, -0.05) is 133 Å². The molecule has 5 heteroatoms. The lowest BCUT2D eigenvalue weighted by Crippen LogP contribution is -1.95. The third-order valence-electron chi connectivity index (χ3n) is 11.0. The van der Waals surface area contributed by atoms with Gasteiger partial charge in [-0.15, -0.1) is 22.7 Å². The van der Waals surface area contributed by atoms with E-state index in [9.17, 15) is 0 Å². The van der Waals surface area contributed by atoms with Crippen LogP contribution < -0.4 is 0 Å². The van der Waals surface area contributed by atoms with Crippen LogP contribution in [0.25, 0.3) is 113 Å². The van der Waals surface area contributed by atoms with Crippen LogP contribution in [0.4, 0.5) is 0 Å². The van der Waals surface area contributed by atoms with Gasteiger partial charge < -0.3 is 4.57 Å². The molecule has 12 rings (SSSR count). The van der Waals surface area contributed by atoms with Crippen molar-refractivity contribution >= 4 is 95.7 Å². The van der Waals surface area contributed by atoms with Crippen LogP contribution in [0.2, 0.25) is 0 Å². The molecule has 0 saturated carbocycles. The van der Waals surface area contributed by atoms with E-state index in [4.69, 9.17) is 9.97 Å². The van der Waals surface area contributed by atoms with Gasteiger partial charge >= 0.3 is 0 Å². The van der Waals surface area contributed by atoms with Gasteiger partial charge in [0.25, 0.3) is 0 Å². The van der Waals surface area contributed by atoms with Crippen LogP contribution in [0.5, 0.6) is 0 Å². The molecule has 0 atom stereocenters. The third kappa shape index (κ3) is 4.67. The summed E-state index contributed by atoms with van der Waals surface area (Å²) in [6.07, 6.45) is 0. The van der Waals surface area contributed by atoms with Gasteiger partial charge in [0.15, 0.2) is 5.82 Å². The van der Waals surface area contributed by atoms with Gasteiger partial charge in [0.1, 0.15) is 0 Å². The highest BCUT2D eigenvalue weighted by molar-refractivity contribution is 7.26. The molecule has 0 radical (unpaired) electrons. The van der Waals surface area contributed by atoms with E-state index in [1.165, 1.54) is 79.7 Å². The molecule has 12 aromatic rings. The van der Waals surface area contributed by atoms with Crippen molar-refractivity contribution in [2.45, 2.75) is 0 Å². The van der Waals surface area contributed by atoms with Gasteiger partial charge in [-0.05, 0) is 64.4 Å². The summed E-state index contributed by atoms with van der Waals surface area (Å²) in [5.41, 5.74) is 10.2. The van der Waals surface area contributed by atoms with Crippen LogP contribution in [-0.2, 0) is 0 Å². The number of aromatic nitrogens is 3. The molecule has 0 fully saturated rings. The monoisotopic (exact) mass is 735 g/mol. The van der Waals surface area contributed by atoms with E-state index in [2.05, 4.69) is 180 Å². The molecule has 0 saturated heterocycles. The third-order valence-corrected chi connectivity index (χ3v) is 13.3. The number of rotatable bonds is 4. The molecular formula is C50H29N3S2. The van der Waals surface area contributed by atoms with Crippen molar-refractivity contribution in [3.63, 3.8) is 0 Å². The fourth-order valence-corrected chi connectivity index (χ4v) is 10.8. The highest BCUT2D eigenvalue weighted by atomic mass is 32.1. The van der Waals surface area contributed by atoms with Crippen LogP contribution in [0.3, 0.4) is 0 Å². The van der Waals surface area contributed by atoms with E-state index < -0.39 is 0 Å². The lowest BCUT2D eigenvalue weighted by atomic mass is 10.0. The first kappa shape index (κ1) is 30.8. The van der Waals surface area contributed by atoms with Crippen LogP contribution in [0, 0.1) is 0 Å². The highest BCUT2D eigenvalue weighted by Gasteiger charge is 2.21. The summed E-state index contributed by atoms with van der Waals surface area (Å²) in [5.74, 6) is 0.748. The fraction of sp³-hybridized carbons (Fsp3) is 0. The maximum atomic E-state index is 5.28. The minimum atomic E-state index is 0.748. The number of fused-ring (bicyclic) bond motifs is 11. The number of hydrogen-bond acceptors (Lipinski definition) is 4. The summed E-state index contributed by atoms with van der Waals surface area (Å²) in [6, 6.07) is 63.6. The van der Waals surface area contributed by atoms with Crippen molar-refractivity contribution in [3.05, 3.63) is 176 Å². The fourth-order valence-electron chi connectivity index (χ4n) is 8.50. The smallest absolute Gasteiger partial charge is 0.160 e. The predicted octanol–water partition coefficient (Wildman–Crippen LogP) is 14.5. The van der Waals surface area contributed by atoms with E-state index in [0.717, 1.165) is 32.9 Å². The summed E-state index contributed by atoms with van der Waals surface area (Å²) in [7, 11) is 0. The van der Waals surface area contributed by atoms with Crippen molar-refractivity contribution in [1.29, 1.82) is 0 Å². The largest absolute Gasteiger partial charge is 0.309 e. The Balaban J connectivity index is 1.09. The lowest BCUT2D eigenvalue weighted by molar-refractivity contribution is 1.20. The molecule has 0 bridgehead atoms. The Morgan fingerprint density at radius 2 is 1.13 bits per heavy atom. The molecule has 0 aliphatic carbocycles. The second-order valence-corrected chi connectivity index (χ2v) is 16.3. The SMILES string of the molecule is c1ccc(-c2ccc3c(c2)c2c4ccccc4ccc2n3-c2cccc3sc4cc(-c5nc(-c6ccccc6)c6sc7ccccc7c6n5)ccc4c23)cc1. The highest BCUT2D eigenvalue weighted by Crippen LogP contribution is 2.45. The van der Waals surface area contributed by atoms with Crippen LogP contribution >= 0.6 is 22.7 Å². The predicted molar refractivity (Wildman–Crippen MR) is 236 cm³/mol. The van der Waals surface area contributed by atoms with E-state index >= 15 is 0 Å². The van der Waals surface area contributed by atoms with Gasteiger partial charge in [0.2, 0.25) is 0 Å². The van der Waals surface area contributed by atoms with Crippen LogP contribution in [0.1, 0.15) is 0 Å². The normalized spacial score (nSPS) is 12.0. The van der Waals surface area contributed by atoms with Gasteiger partial charge in [0.05, 0.1) is 32.6 Å². The zero-order valence-corrected chi connectivity index (χ0v) is 31.0.